The van der Waals surface area contributed by atoms with Gasteiger partial charge < -0.3 is 10.1 Å². The van der Waals surface area contributed by atoms with Gasteiger partial charge in [0, 0.05) is 22.0 Å². The van der Waals surface area contributed by atoms with E-state index in [4.69, 9.17) is 16.7 Å². The van der Waals surface area contributed by atoms with E-state index in [1.54, 1.807) is 18.2 Å². The van der Waals surface area contributed by atoms with Crippen LogP contribution in [0.2, 0.25) is 5.02 Å². The van der Waals surface area contributed by atoms with Gasteiger partial charge in [0.15, 0.2) is 5.88 Å². The Labute approximate surface area is 68.4 Å². The topological polar surface area (TPSA) is 36.0 Å². The monoisotopic (exact) mass is 167 g/mol. The summed E-state index contributed by atoms with van der Waals surface area (Å²) in [5.74, 6) is 0.169. The SMILES string of the molecule is Oc1cc2cc(Cl)ccc2[nH]1. The van der Waals surface area contributed by atoms with Crippen LogP contribution in [0.5, 0.6) is 5.88 Å². The van der Waals surface area contributed by atoms with Crippen LogP contribution in [0.25, 0.3) is 10.9 Å². The number of aromatic nitrogens is 1. The molecule has 0 spiro atoms. The molecule has 1 heterocycles. The minimum absolute atomic E-state index is 0.169. The average Bonchev–Trinajstić information content (AvgIpc) is 2.27. The maximum atomic E-state index is 9.05. The van der Waals surface area contributed by atoms with Gasteiger partial charge in [-0.3, -0.25) is 0 Å². The number of H-pyrrole nitrogens is 1. The van der Waals surface area contributed by atoms with Crippen LogP contribution in [0, 0.1) is 0 Å². The van der Waals surface area contributed by atoms with E-state index in [2.05, 4.69) is 4.98 Å². The van der Waals surface area contributed by atoms with E-state index in [-0.39, 0.29) is 5.88 Å². The highest BCUT2D eigenvalue weighted by Crippen LogP contribution is 2.22. The van der Waals surface area contributed by atoms with Crippen molar-refractivity contribution in [2.75, 3.05) is 0 Å². The molecule has 1 aromatic carbocycles. The van der Waals surface area contributed by atoms with Gasteiger partial charge in [0.1, 0.15) is 0 Å². The first kappa shape index (κ1) is 6.55. The quantitative estimate of drug-likeness (QED) is 0.622. The van der Waals surface area contributed by atoms with Crippen molar-refractivity contribution in [2.45, 2.75) is 0 Å². The van der Waals surface area contributed by atoms with E-state index in [9.17, 15) is 0 Å². The van der Waals surface area contributed by atoms with Crippen molar-refractivity contribution in [3.8, 4) is 5.88 Å². The molecule has 0 saturated carbocycles. The molecule has 0 atom stereocenters. The van der Waals surface area contributed by atoms with E-state index in [1.807, 2.05) is 6.07 Å². The summed E-state index contributed by atoms with van der Waals surface area (Å²) in [6, 6.07) is 7.05. The van der Waals surface area contributed by atoms with Gasteiger partial charge in [0.05, 0.1) is 0 Å². The molecule has 2 nitrogen and oxygen atoms in total. The van der Waals surface area contributed by atoms with E-state index in [0.29, 0.717) is 5.02 Å². The second-order valence-electron chi connectivity index (χ2n) is 2.39. The Hall–Kier alpha value is -1.15. The second-order valence-corrected chi connectivity index (χ2v) is 2.82. The molecule has 0 aliphatic carbocycles. The minimum atomic E-state index is 0.169. The number of aromatic hydroxyl groups is 1. The maximum Gasteiger partial charge on any atom is 0.189 e. The molecule has 1 aromatic heterocycles. The average molecular weight is 168 g/mol. The van der Waals surface area contributed by atoms with Crippen molar-refractivity contribution in [2.24, 2.45) is 0 Å². The van der Waals surface area contributed by atoms with Crippen LogP contribution < -0.4 is 0 Å². The van der Waals surface area contributed by atoms with Crippen LogP contribution >= 0.6 is 11.6 Å². The summed E-state index contributed by atoms with van der Waals surface area (Å²) < 4.78 is 0. The standard InChI is InChI=1S/C8H6ClNO/c9-6-1-2-7-5(3-6)4-8(11)10-7/h1-4,10-11H. The number of hydrogen-bond acceptors (Lipinski definition) is 1. The number of benzene rings is 1. The van der Waals surface area contributed by atoms with Gasteiger partial charge in [-0.2, -0.15) is 0 Å². The van der Waals surface area contributed by atoms with Gasteiger partial charge >= 0.3 is 0 Å². The van der Waals surface area contributed by atoms with Crippen LogP contribution in [0.4, 0.5) is 0 Å². The Balaban J connectivity index is 2.82. The number of fused-ring (bicyclic) bond motifs is 1. The lowest BCUT2D eigenvalue weighted by molar-refractivity contribution is 0.458. The molecule has 2 N–H and O–H groups in total. The molecule has 11 heavy (non-hydrogen) atoms. The molecule has 0 radical (unpaired) electrons. The molecular weight excluding hydrogens is 162 g/mol. The zero-order valence-electron chi connectivity index (χ0n) is 5.63. The predicted molar refractivity (Wildman–Crippen MR) is 45.0 cm³/mol. The fourth-order valence-electron chi connectivity index (χ4n) is 1.09. The third kappa shape index (κ3) is 1.05. The molecule has 0 saturated heterocycles. The number of nitrogens with one attached hydrogen (secondary N) is 1. The molecule has 56 valence electrons. The van der Waals surface area contributed by atoms with Crippen LogP contribution in [0.3, 0.4) is 0 Å². The van der Waals surface area contributed by atoms with Crippen molar-refractivity contribution in [3.63, 3.8) is 0 Å². The molecule has 0 aliphatic heterocycles. The first-order valence-electron chi connectivity index (χ1n) is 3.23. The molecular formula is C8H6ClNO. The predicted octanol–water partition coefficient (Wildman–Crippen LogP) is 2.53. The molecule has 2 rings (SSSR count). The van der Waals surface area contributed by atoms with Crippen LogP contribution in [0.1, 0.15) is 0 Å². The Bertz CT molecular complexity index is 394. The van der Waals surface area contributed by atoms with Gasteiger partial charge in [-0.15, -0.1) is 0 Å². The van der Waals surface area contributed by atoms with Crippen molar-refractivity contribution >= 4 is 22.5 Å². The lowest BCUT2D eigenvalue weighted by Gasteiger charge is -1.88. The Morgan fingerprint density at radius 2 is 2.09 bits per heavy atom. The molecule has 0 fully saturated rings. The summed E-state index contributed by atoms with van der Waals surface area (Å²) in [6.07, 6.45) is 0. The first-order chi connectivity index (χ1) is 5.25. The maximum absolute atomic E-state index is 9.05. The van der Waals surface area contributed by atoms with Crippen molar-refractivity contribution in [1.82, 2.24) is 4.98 Å². The van der Waals surface area contributed by atoms with Gasteiger partial charge in [-0.05, 0) is 18.2 Å². The minimum Gasteiger partial charge on any atom is -0.495 e. The second kappa shape index (κ2) is 2.17. The molecule has 2 aromatic rings. The molecule has 0 unspecified atom stereocenters. The summed E-state index contributed by atoms with van der Waals surface area (Å²) in [5, 5.41) is 10.7. The fraction of sp³-hybridized carbons (Fsp3) is 0. The van der Waals surface area contributed by atoms with Gasteiger partial charge in [0.25, 0.3) is 0 Å². The van der Waals surface area contributed by atoms with E-state index >= 15 is 0 Å². The van der Waals surface area contributed by atoms with Crippen molar-refractivity contribution in [1.29, 1.82) is 0 Å². The smallest absolute Gasteiger partial charge is 0.189 e. The normalized spacial score (nSPS) is 10.6. The third-order valence-corrected chi connectivity index (χ3v) is 1.80. The fourth-order valence-corrected chi connectivity index (χ4v) is 1.27. The van der Waals surface area contributed by atoms with Crippen LogP contribution in [-0.4, -0.2) is 10.1 Å². The highest BCUT2D eigenvalue weighted by atomic mass is 35.5. The molecule has 0 amide bonds. The number of rotatable bonds is 0. The molecule has 0 bridgehead atoms. The van der Waals surface area contributed by atoms with Gasteiger partial charge in [-0.1, -0.05) is 11.6 Å². The van der Waals surface area contributed by atoms with Gasteiger partial charge in [0.2, 0.25) is 0 Å². The lowest BCUT2D eigenvalue weighted by Crippen LogP contribution is -1.65. The third-order valence-electron chi connectivity index (χ3n) is 1.57. The summed E-state index contributed by atoms with van der Waals surface area (Å²) in [7, 11) is 0. The molecule has 0 aliphatic rings. The number of aromatic amines is 1. The largest absolute Gasteiger partial charge is 0.495 e. The van der Waals surface area contributed by atoms with Crippen LogP contribution in [-0.2, 0) is 0 Å². The lowest BCUT2D eigenvalue weighted by atomic mass is 10.2. The zero-order chi connectivity index (χ0) is 7.84. The van der Waals surface area contributed by atoms with E-state index in [1.165, 1.54) is 0 Å². The van der Waals surface area contributed by atoms with Crippen molar-refractivity contribution < 1.29 is 5.11 Å². The Morgan fingerprint density at radius 3 is 2.91 bits per heavy atom. The number of hydrogen-bond donors (Lipinski definition) is 2. The highest BCUT2D eigenvalue weighted by Gasteiger charge is 1.97. The first-order valence-corrected chi connectivity index (χ1v) is 3.61. The highest BCUT2D eigenvalue weighted by molar-refractivity contribution is 6.31. The van der Waals surface area contributed by atoms with E-state index in [0.717, 1.165) is 10.9 Å². The Kier molecular flexibility index (Phi) is 1.29. The summed E-state index contributed by atoms with van der Waals surface area (Å²) in [5.41, 5.74) is 0.895. The molecule has 3 heteroatoms. The van der Waals surface area contributed by atoms with E-state index < -0.39 is 0 Å². The zero-order valence-corrected chi connectivity index (χ0v) is 6.39. The summed E-state index contributed by atoms with van der Waals surface area (Å²) in [4.78, 5) is 2.78. The van der Waals surface area contributed by atoms with Crippen molar-refractivity contribution in [3.05, 3.63) is 29.3 Å². The van der Waals surface area contributed by atoms with Gasteiger partial charge in [-0.25, -0.2) is 0 Å². The van der Waals surface area contributed by atoms with Crippen LogP contribution in [0.15, 0.2) is 24.3 Å². The number of halogens is 1. The summed E-state index contributed by atoms with van der Waals surface area (Å²) >= 11 is 5.73. The summed E-state index contributed by atoms with van der Waals surface area (Å²) in [6.45, 7) is 0. The Morgan fingerprint density at radius 1 is 1.27 bits per heavy atom.